The van der Waals surface area contributed by atoms with Crippen LogP contribution in [0.3, 0.4) is 0 Å². The van der Waals surface area contributed by atoms with Gasteiger partial charge in [0.2, 0.25) is 11.9 Å². The highest BCUT2D eigenvalue weighted by atomic mass is 16.3. The fourth-order valence-electron chi connectivity index (χ4n) is 21.3. The van der Waals surface area contributed by atoms with E-state index in [4.69, 9.17) is 66.8 Å². The van der Waals surface area contributed by atoms with Gasteiger partial charge >= 0.3 is 0 Å². The highest BCUT2D eigenvalue weighted by Gasteiger charge is 2.30. The Morgan fingerprint density at radius 1 is 0.167 bits per heavy atom. The van der Waals surface area contributed by atoms with Crippen molar-refractivity contribution in [2.45, 2.75) is 0 Å². The summed E-state index contributed by atoms with van der Waals surface area (Å²) in [5, 5.41) is 26.0. The summed E-state index contributed by atoms with van der Waals surface area (Å²) in [6.07, 6.45) is 0. The molecule has 15 heteroatoms. The molecule has 0 fully saturated rings. The van der Waals surface area contributed by atoms with Gasteiger partial charge in [-0.05, 0) is 156 Å². The Kier molecular flexibility index (Phi) is 14.7. The highest BCUT2D eigenvalue weighted by Crippen LogP contribution is 2.52. The topological polar surface area (TPSA) is 170 Å². The maximum absolute atomic E-state index is 8.76. The molecule has 0 aliphatic rings. The summed E-state index contributed by atoms with van der Waals surface area (Å²) >= 11 is 0. The van der Waals surface area contributed by atoms with Crippen LogP contribution in [0.5, 0.6) is 0 Å². The van der Waals surface area contributed by atoms with E-state index >= 15 is 0 Å². The molecule has 31 rings (SSSR count). The summed E-state index contributed by atoms with van der Waals surface area (Å²) in [5.74, 6) is 3.02. The SMILES string of the molecule is [2H]c1c([2H])c([2H])c(-c2nc(-c3c([2H])c([2H])c([2H])c([2H])c3[2H])nc(-n3c4cccc5c6ccccc6c6cccc7oc8ccc3c(c8c76)c54)n2)c([2H])c1[2H].c1ccc(-c2nc(-c3ccccc3)nc(-c3ccc4c(c3)c3cccc5c3c3c6c(ccc3n5-c3ccccc3)oc3cccc4c36)n2)cc1.c1ccc(-c2nc(-c3ccccc3)nc(-n3c4cccc5c6ccccc6c6cccc7oc8ccc3c(c8c76)c54)n2)cc1. The molecule has 0 aliphatic heterocycles. The van der Waals surface area contributed by atoms with E-state index in [0.29, 0.717) is 57.3 Å². The molecule has 0 radical (unpaired) electrons. The maximum atomic E-state index is 8.76. The third-order valence-electron chi connectivity index (χ3n) is 27.0. The number of aromatic nitrogens is 12. The van der Waals surface area contributed by atoms with Crippen LogP contribution < -0.4 is 0 Å². The predicted molar refractivity (Wildman–Crippen MR) is 561 cm³/mol. The van der Waals surface area contributed by atoms with Gasteiger partial charge in [0.15, 0.2) is 40.8 Å². The van der Waals surface area contributed by atoms with E-state index in [9.17, 15) is 0 Å². The summed E-state index contributed by atoms with van der Waals surface area (Å²) in [7, 11) is 0. The molecule has 9 aromatic heterocycles. The van der Waals surface area contributed by atoms with Crippen LogP contribution in [0.4, 0.5) is 0 Å². The van der Waals surface area contributed by atoms with Crippen molar-refractivity contribution in [3.63, 3.8) is 0 Å². The fourth-order valence-corrected chi connectivity index (χ4v) is 21.3. The minimum atomic E-state index is -0.610. The molecule has 0 aliphatic carbocycles. The van der Waals surface area contributed by atoms with E-state index in [1.54, 1.807) is 4.57 Å². The number of fused-ring (bicyclic) bond motifs is 9. The van der Waals surface area contributed by atoms with Crippen LogP contribution in [0, 0.1) is 0 Å². The van der Waals surface area contributed by atoms with Crippen LogP contribution in [0.25, 0.3) is 293 Å². The summed E-state index contributed by atoms with van der Waals surface area (Å²) in [5.41, 5.74) is 15.7. The Hall–Kier alpha value is -19.0. The first-order chi connectivity index (χ1) is 72.6. The molecule has 9 heterocycles. The zero-order valence-electron chi connectivity index (χ0n) is 82.7. The summed E-state index contributed by atoms with van der Waals surface area (Å²) in [6.45, 7) is 0. The van der Waals surface area contributed by atoms with Crippen LogP contribution in [-0.2, 0) is 0 Å². The second-order valence-corrected chi connectivity index (χ2v) is 34.5. The largest absolute Gasteiger partial charge is 0.456 e. The maximum Gasteiger partial charge on any atom is 0.238 e. The van der Waals surface area contributed by atoms with E-state index in [-0.39, 0.29) is 28.7 Å². The van der Waals surface area contributed by atoms with Crippen LogP contribution in [0.1, 0.15) is 13.7 Å². The molecule has 138 heavy (non-hydrogen) atoms. The minimum absolute atomic E-state index is 0.0642. The molecule has 0 unspecified atom stereocenters. The van der Waals surface area contributed by atoms with Gasteiger partial charge in [0, 0.05) is 109 Å². The lowest BCUT2D eigenvalue weighted by Crippen LogP contribution is -2.06. The van der Waals surface area contributed by atoms with Gasteiger partial charge in [-0.3, -0.25) is 9.13 Å². The van der Waals surface area contributed by atoms with Gasteiger partial charge in [0.25, 0.3) is 0 Å². The molecular weight excluding hydrogens is 1690 g/mol. The van der Waals surface area contributed by atoms with Crippen LogP contribution in [0.15, 0.2) is 438 Å². The van der Waals surface area contributed by atoms with Gasteiger partial charge in [-0.1, -0.05) is 333 Å². The van der Waals surface area contributed by atoms with Crippen LogP contribution in [0.2, 0.25) is 0 Å². The van der Waals surface area contributed by atoms with Crippen molar-refractivity contribution in [3.05, 3.63) is 424 Å². The van der Waals surface area contributed by atoms with E-state index in [1.807, 2.05) is 176 Å². The van der Waals surface area contributed by atoms with Gasteiger partial charge < -0.3 is 17.8 Å². The summed E-state index contributed by atoms with van der Waals surface area (Å²) in [6, 6.07) is 119. The molecular formula is C123H70N12O3. The van der Waals surface area contributed by atoms with Crippen molar-refractivity contribution in [2.75, 3.05) is 0 Å². The minimum Gasteiger partial charge on any atom is -0.456 e. The number of hydrogen-bond donors (Lipinski definition) is 0. The molecule has 31 aromatic rings. The molecule has 0 saturated carbocycles. The van der Waals surface area contributed by atoms with E-state index in [0.717, 1.165) is 169 Å². The summed E-state index contributed by atoms with van der Waals surface area (Å²) in [4.78, 5) is 44.3. The Balaban J connectivity index is 0.000000105. The van der Waals surface area contributed by atoms with Crippen molar-refractivity contribution >= 4 is 196 Å². The van der Waals surface area contributed by atoms with Crippen molar-refractivity contribution in [1.82, 2.24) is 58.6 Å². The Morgan fingerprint density at radius 2 is 0.428 bits per heavy atom. The molecule has 0 atom stereocenters. The van der Waals surface area contributed by atoms with Gasteiger partial charge in [-0.25, -0.2) is 24.9 Å². The first kappa shape index (κ1) is 67.2. The quantitative estimate of drug-likeness (QED) is 0.127. The van der Waals surface area contributed by atoms with Crippen molar-refractivity contribution < 1.29 is 27.0 Å². The van der Waals surface area contributed by atoms with Gasteiger partial charge in [0.05, 0.1) is 46.8 Å². The van der Waals surface area contributed by atoms with Crippen molar-refractivity contribution in [1.29, 1.82) is 0 Å². The molecule has 0 bridgehead atoms. The van der Waals surface area contributed by atoms with Crippen LogP contribution >= 0.6 is 0 Å². The van der Waals surface area contributed by atoms with E-state index in [1.165, 1.54) is 37.7 Å². The average Bonchev–Trinajstić information content (AvgIpc) is 1.54. The van der Waals surface area contributed by atoms with Gasteiger partial charge in [0.1, 0.15) is 33.5 Å². The number of furan rings is 3. The van der Waals surface area contributed by atoms with Crippen LogP contribution in [-0.4, -0.2) is 58.6 Å². The number of benzene rings is 19. The monoisotopic (exact) mass is 1770 g/mol. The lowest BCUT2D eigenvalue weighted by Gasteiger charge is -2.11. The van der Waals surface area contributed by atoms with Crippen molar-refractivity contribution in [2.24, 2.45) is 0 Å². The standard InChI is InChI=1S/C45H26N4O.2C39H22N4O/c1-4-12-27(13-5-1)43-46-44(28-14-6-2-7-15-28)48-45(47-43)29-22-23-31-32-19-11-21-37-40(32)42-38(50-37)25-24-36-41(42)39-33(34(31)26-29)18-10-20-35(39)49(36)30-16-8-3-9-17-30;2*1-3-11-23(12-4-1)37-40-38(24-13-5-2-6-14-24)42-39(41-37)43-29-19-9-17-27-25-15-7-8-16-26(25)28-18-10-20-31-34(28)36-32(44-31)22-21-30(43)35(36)33(27)29/h1-26H;2*1-22H/i;1D,2D,3D,4D,5D,6D,11D,12D,13D,14D;. The lowest BCUT2D eigenvalue weighted by atomic mass is 9.93. The zero-order valence-corrected chi connectivity index (χ0v) is 72.7. The Labute approximate surface area is 798 Å². The lowest BCUT2D eigenvalue weighted by molar-refractivity contribution is 0.669. The second-order valence-electron chi connectivity index (χ2n) is 34.5. The predicted octanol–water partition coefficient (Wildman–Crippen LogP) is 31.5. The fraction of sp³-hybridized carbons (Fsp3) is 0. The third kappa shape index (κ3) is 11.7. The molecule has 22 aromatic carbocycles. The molecule has 0 spiro atoms. The average molecular weight is 1770 g/mol. The van der Waals surface area contributed by atoms with Gasteiger partial charge in [-0.15, -0.1) is 0 Å². The Bertz CT molecular complexity index is 10800. The summed E-state index contributed by atoms with van der Waals surface area (Å²) < 4.78 is 111. The number of nitrogens with zero attached hydrogens (tertiary/aromatic N) is 12. The first-order valence-electron chi connectivity index (χ1n) is 50.4. The van der Waals surface area contributed by atoms with Gasteiger partial charge in [-0.2, -0.15) is 19.9 Å². The normalized spacial score (nSPS) is 13.1. The Morgan fingerprint density at radius 3 is 0.790 bits per heavy atom. The molecule has 0 saturated heterocycles. The number of rotatable bonds is 10. The smallest absolute Gasteiger partial charge is 0.238 e. The van der Waals surface area contributed by atoms with E-state index in [2.05, 4.69) is 202 Å². The zero-order chi connectivity index (χ0) is 99.0. The molecule has 15 nitrogen and oxygen atoms in total. The second kappa shape index (κ2) is 30.3. The molecule has 0 N–H and O–H groups in total. The third-order valence-corrected chi connectivity index (χ3v) is 27.0. The highest BCUT2D eigenvalue weighted by molar-refractivity contribution is 6.42. The molecule has 640 valence electrons. The van der Waals surface area contributed by atoms with Crippen molar-refractivity contribution in [3.8, 4) is 97.3 Å². The molecule has 0 amide bonds. The number of hydrogen-bond acceptors (Lipinski definition) is 12. The first-order valence-corrected chi connectivity index (χ1v) is 45.4. The van der Waals surface area contributed by atoms with E-state index < -0.39 is 60.4 Å². The number of para-hydroxylation sites is 1.